The fourth-order valence-electron chi connectivity index (χ4n) is 2.13. The maximum atomic E-state index is 12.4. The van der Waals surface area contributed by atoms with Crippen LogP contribution in [0.15, 0.2) is 59.5 Å². The Hall–Kier alpha value is -2.60. The van der Waals surface area contributed by atoms with Crippen molar-refractivity contribution in [2.45, 2.75) is 11.8 Å². The third-order valence-electron chi connectivity index (χ3n) is 3.33. The van der Waals surface area contributed by atoms with Crippen LogP contribution in [0.3, 0.4) is 0 Å². The predicted molar refractivity (Wildman–Crippen MR) is 92.3 cm³/mol. The maximum Gasteiger partial charge on any atom is 0.278 e. The normalized spacial score (nSPS) is 10.5. The highest BCUT2D eigenvalue weighted by molar-refractivity contribution is 7.98. The van der Waals surface area contributed by atoms with Crippen LogP contribution in [-0.4, -0.2) is 27.2 Å². The van der Waals surface area contributed by atoms with Gasteiger partial charge in [0.15, 0.2) is 5.69 Å². The lowest BCUT2D eigenvalue weighted by molar-refractivity contribution is 0.102. The number of nitrogens with one attached hydrogen (secondary N) is 1. The molecule has 0 aliphatic heterocycles. The second-order valence-electron chi connectivity index (χ2n) is 4.94. The van der Waals surface area contributed by atoms with Gasteiger partial charge in [-0.2, -0.15) is 9.90 Å². The van der Waals surface area contributed by atoms with Crippen LogP contribution in [0.4, 0.5) is 5.69 Å². The smallest absolute Gasteiger partial charge is 0.278 e. The molecule has 116 valence electrons. The number of aryl methyl sites for hydroxylation is 1. The molecule has 0 unspecified atom stereocenters. The highest BCUT2D eigenvalue weighted by Gasteiger charge is 2.16. The van der Waals surface area contributed by atoms with Crippen LogP contribution in [0.2, 0.25) is 0 Å². The number of carbonyl (C=O) groups is 1. The number of benzene rings is 2. The summed E-state index contributed by atoms with van der Waals surface area (Å²) in [6, 6.07) is 17.2. The number of thioether (sulfide) groups is 1. The lowest BCUT2D eigenvalue weighted by atomic mass is 10.3. The van der Waals surface area contributed by atoms with Crippen molar-refractivity contribution in [3.63, 3.8) is 0 Å². The molecule has 0 bridgehead atoms. The molecule has 1 amide bonds. The summed E-state index contributed by atoms with van der Waals surface area (Å²) in [6.45, 7) is 1.78. The molecule has 1 heterocycles. The number of amides is 1. The van der Waals surface area contributed by atoms with E-state index in [0.29, 0.717) is 11.4 Å². The molecule has 0 atom stereocenters. The largest absolute Gasteiger partial charge is 0.321 e. The first-order chi connectivity index (χ1) is 11.2. The molecule has 2 aromatic carbocycles. The van der Waals surface area contributed by atoms with E-state index < -0.39 is 0 Å². The van der Waals surface area contributed by atoms with Gasteiger partial charge in [0.05, 0.1) is 11.4 Å². The van der Waals surface area contributed by atoms with Crippen molar-refractivity contribution >= 4 is 23.4 Å². The molecule has 0 aliphatic rings. The molecule has 1 N–H and O–H groups in total. The Labute approximate surface area is 138 Å². The van der Waals surface area contributed by atoms with Gasteiger partial charge in [0, 0.05) is 10.6 Å². The maximum absolute atomic E-state index is 12.4. The highest BCUT2D eigenvalue weighted by atomic mass is 32.2. The van der Waals surface area contributed by atoms with Gasteiger partial charge in [-0.1, -0.05) is 18.2 Å². The molecule has 6 heteroatoms. The van der Waals surface area contributed by atoms with E-state index in [1.165, 1.54) is 4.80 Å². The van der Waals surface area contributed by atoms with Crippen LogP contribution in [0, 0.1) is 6.92 Å². The van der Waals surface area contributed by atoms with E-state index in [2.05, 4.69) is 15.5 Å². The van der Waals surface area contributed by atoms with E-state index in [-0.39, 0.29) is 5.91 Å². The summed E-state index contributed by atoms with van der Waals surface area (Å²) in [6.07, 6.45) is 2.01. The van der Waals surface area contributed by atoms with Crippen LogP contribution in [0.5, 0.6) is 0 Å². The molecule has 23 heavy (non-hydrogen) atoms. The lowest BCUT2D eigenvalue weighted by Gasteiger charge is -2.04. The SMILES string of the molecule is CSc1ccc(NC(=O)c2nn(-c3ccccc3)nc2C)cc1. The minimum absolute atomic E-state index is 0.262. The number of para-hydroxylation sites is 1. The quantitative estimate of drug-likeness (QED) is 0.746. The summed E-state index contributed by atoms with van der Waals surface area (Å²) < 4.78 is 0. The first-order valence-corrected chi connectivity index (χ1v) is 8.34. The average Bonchev–Trinajstić information content (AvgIpc) is 2.98. The van der Waals surface area contributed by atoms with Gasteiger partial charge in [-0.15, -0.1) is 16.9 Å². The van der Waals surface area contributed by atoms with Crippen LogP contribution in [0.1, 0.15) is 16.2 Å². The Balaban J connectivity index is 1.81. The standard InChI is InChI=1S/C17H16N4OS/c1-12-16(20-21(19-12)14-6-4-3-5-7-14)17(22)18-13-8-10-15(23-2)11-9-13/h3-11H,1-2H3,(H,18,22). The highest BCUT2D eigenvalue weighted by Crippen LogP contribution is 2.18. The van der Waals surface area contributed by atoms with Gasteiger partial charge in [-0.05, 0) is 49.6 Å². The Morgan fingerprint density at radius 3 is 2.39 bits per heavy atom. The van der Waals surface area contributed by atoms with Crippen molar-refractivity contribution in [3.8, 4) is 5.69 Å². The van der Waals surface area contributed by atoms with Crippen LogP contribution >= 0.6 is 11.8 Å². The van der Waals surface area contributed by atoms with Crippen molar-refractivity contribution in [2.24, 2.45) is 0 Å². The molecular formula is C17H16N4OS. The molecule has 0 spiro atoms. The lowest BCUT2D eigenvalue weighted by Crippen LogP contribution is -2.14. The molecule has 1 aromatic heterocycles. The van der Waals surface area contributed by atoms with Gasteiger partial charge >= 0.3 is 0 Å². The van der Waals surface area contributed by atoms with Crippen LogP contribution in [0.25, 0.3) is 5.69 Å². The summed E-state index contributed by atoms with van der Waals surface area (Å²) in [5.74, 6) is -0.262. The molecule has 5 nitrogen and oxygen atoms in total. The Bertz CT molecular complexity index is 812. The third kappa shape index (κ3) is 3.43. The van der Waals surface area contributed by atoms with E-state index in [1.54, 1.807) is 18.7 Å². The average molecular weight is 324 g/mol. The van der Waals surface area contributed by atoms with E-state index in [4.69, 9.17) is 0 Å². The Morgan fingerprint density at radius 2 is 1.74 bits per heavy atom. The number of hydrogen-bond acceptors (Lipinski definition) is 4. The second-order valence-corrected chi connectivity index (χ2v) is 5.82. The summed E-state index contributed by atoms with van der Waals surface area (Å²) in [4.78, 5) is 15.0. The minimum Gasteiger partial charge on any atom is -0.321 e. The van der Waals surface area contributed by atoms with Crippen LogP contribution < -0.4 is 5.32 Å². The zero-order valence-corrected chi connectivity index (χ0v) is 13.7. The van der Waals surface area contributed by atoms with Gasteiger partial charge in [-0.25, -0.2) is 0 Å². The summed E-state index contributed by atoms with van der Waals surface area (Å²) >= 11 is 1.66. The summed E-state index contributed by atoms with van der Waals surface area (Å²) in [5, 5.41) is 11.5. The summed E-state index contributed by atoms with van der Waals surface area (Å²) in [7, 11) is 0. The van der Waals surface area contributed by atoms with Gasteiger partial charge < -0.3 is 5.32 Å². The molecule has 3 rings (SSSR count). The number of aromatic nitrogens is 3. The van der Waals surface area contributed by atoms with Gasteiger partial charge in [0.2, 0.25) is 0 Å². The molecule has 0 fully saturated rings. The topological polar surface area (TPSA) is 59.8 Å². The van der Waals surface area contributed by atoms with Crippen molar-refractivity contribution in [2.75, 3.05) is 11.6 Å². The monoisotopic (exact) mass is 324 g/mol. The zero-order chi connectivity index (χ0) is 16.2. The van der Waals surface area contributed by atoms with Crippen molar-refractivity contribution in [1.82, 2.24) is 15.0 Å². The van der Waals surface area contributed by atoms with Gasteiger partial charge in [0.1, 0.15) is 0 Å². The molecule has 0 radical (unpaired) electrons. The van der Waals surface area contributed by atoms with Crippen LogP contribution in [-0.2, 0) is 0 Å². The second kappa shape index (κ2) is 6.66. The van der Waals surface area contributed by atoms with Crippen molar-refractivity contribution in [1.29, 1.82) is 0 Å². The first-order valence-electron chi connectivity index (χ1n) is 7.12. The number of rotatable bonds is 4. The molecule has 3 aromatic rings. The van der Waals surface area contributed by atoms with Gasteiger partial charge in [0.25, 0.3) is 5.91 Å². The van der Waals surface area contributed by atoms with E-state index in [1.807, 2.05) is 60.9 Å². The predicted octanol–water partition coefficient (Wildman–Crippen LogP) is 3.55. The Morgan fingerprint density at radius 1 is 1.04 bits per heavy atom. The van der Waals surface area contributed by atoms with Gasteiger partial charge in [-0.3, -0.25) is 4.79 Å². The zero-order valence-electron chi connectivity index (χ0n) is 12.9. The minimum atomic E-state index is -0.262. The van der Waals surface area contributed by atoms with Crippen molar-refractivity contribution < 1.29 is 4.79 Å². The third-order valence-corrected chi connectivity index (χ3v) is 4.08. The fourth-order valence-corrected chi connectivity index (χ4v) is 2.54. The number of anilines is 1. The van der Waals surface area contributed by atoms with E-state index >= 15 is 0 Å². The van der Waals surface area contributed by atoms with Crippen molar-refractivity contribution in [3.05, 3.63) is 66.0 Å². The number of hydrogen-bond donors (Lipinski definition) is 1. The summed E-state index contributed by atoms with van der Waals surface area (Å²) in [5.41, 5.74) is 2.47. The fraction of sp³-hybridized carbons (Fsp3) is 0.118. The Kier molecular flexibility index (Phi) is 4.43. The molecule has 0 saturated heterocycles. The number of nitrogens with zero attached hydrogens (tertiary/aromatic N) is 3. The van der Waals surface area contributed by atoms with E-state index in [0.717, 1.165) is 16.3 Å². The van der Waals surface area contributed by atoms with E-state index in [9.17, 15) is 4.79 Å². The molecule has 0 saturated carbocycles. The molecule has 0 aliphatic carbocycles. The number of carbonyl (C=O) groups excluding carboxylic acids is 1. The molecular weight excluding hydrogens is 308 g/mol. The first kappa shape index (κ1) is 15.3.